The first kappa shape index (κ1) is 13.2. The first-order valence-electron chi connectivity index (χ1n) is 6.19. The van der Waals surface area contributed by atoms with Gasteiger partial charge in [-0.3, -0.25) is 0 Å². The number of phenols is 2. The summed E-state index contributed by atoms with van der Waals surface area (Å²) in [5.41, 5.74) is 13.8. The maximum Gasteiger partial charge on any atom is 0.138 e. The largest absolute Gasteiger partial charge is 0.508 e. The molecule has 19 heavy (non-hydrogen) atoms. The van der Waals surface area contributed by atoms with Gasteiger partial charge >= 0.3 is 0 Å². The molecule has 0 spiro atoms. The minimum atomic E-state index is 0.0842. The van der Waals surface area contributed by atoms with Crippen molar-refractivity contribution in [2.75, 3.05) is 12.3 Å². The van der Waals surface area contributed by atoms with Gasteiger partial charge in [0.1, 0.15) is 11.5 Å². The van der Waals surface area contributed by atoms with Gasteiger partial charge in [-0.05, 0) is 48.4 Å². The second-order valence-electron chi connectivity index (χ2n) is 4.54. The van der Waals surface area contributed by atoms with Crippen molar-refractivity contribution in [2.24, 2.45) is 5.73 Å². The van der Waals surface area contributed by atoms with Gasteiger partial charge in [-0.1, -0.05) is 18.2 Å². The molecule has 0 aliphatic heterocycles. The van der Waals surface area contributed by atoms with Crippen molar-refractivity contribution in [3.63, 3.8) is 0 Å². The lowest BCUT2D eigenvalue weighted by Crippen LogP contribution is -2.09. The van der Waals surface area contributed by atoms with E-state index in [1.165, 1.54) is 0 Å². The molecule has 0 aliphatic rings. The molecule has 0 saturated heterocycles. The van der Waals surface area contributed by atoms with Crippen LogP contribution in [-0.4, -0.2) is 16.8 Å². The first-order chi connectivity index (χ1) is 9.11. The Morgan fingerprint density at radius 3 is 2.16 bits per heavy atom. The van der Waals surface area contributed by atoms with Crippen molar-refractivity contribution in [3.05, 3.63) is 53.6 Å². The molecule has 0 fully saturated rings. The van der Waals surface area contributed by atoms with E-state index in [0.717, 1.165) is 17.5 Å². The van der Waals surface area contributed by atoms with Crippen LogP contribution in [0.1, 0.15) is 23.5 Å². The molecular formula is C15H18N2O2. The molecule has 2 rings (SSSR count). The highest BCUT2D eigenvalue weighted by Crippen LogP contribution is 2.32. The van der Waals surface area contributed by atoms with Crippen LogP contribution in [-0.2, 0) is 0 Å². The summed E-state index contributed by atoms with van der Waals surface area (Å²) in [6, 6.07) is 12.3. The number of nitrogen functional groups attached to an aromatic ring is 1. The molecular weight excluding hydrogens is 240 g/mol. The summed E-state index contributed by atoms with van der Waals surface area (Å²) < 4.78 is 0. The summed E-state index contributed by atoms with van der Waals surface area (Å²) >= 11 is 0. The summed E-state index contributed by atoms with van der Waals surface area (Å²) in [5.74, 6) is 0.426. The lowest BCUT2D eigenvalue weighted by Gasteiger charge is -2.18. The van der Waals surface area contributed by atoms with E-state index in [-0.39, 0.29) is 17.4 Å². The van der Waals surface area contributed by atoms with E-state index >= 15 is 0 Å². The summed E-state index contributed by atoms with van der Waals surface area (Å²) in [4.78, 5) is 0. The Kier molecular flexibility index (Phi) is 3.92. The Balaban J connectivity index is 2.38. The SMILES string of the molecule is NCCC(c1ccc(O)cc1)c1ccc(O)c(N)c1. The Morgan fingerprint density at radius 2 is 1.58 bits per heavy atom. The minimum Gasteiger partial charge on any atom is -0.508 e. The Labute approximate surface area is 112 Å². The van der Waals surface area contributed by atoms with Gasteiger partial charge in [-0.15, -0.1) is 0 Å². The molecule has 0 aromatic heterocycles. The number of aromatic hydroxyl groups is 2. The zero-order valence-electron chi connectivity index (χ0n) is 10.6. The second-order valence-corrected chi connectivity index (χ2v) is 4.54. The van der Waals surface area contributed by atoms with Crippen molar-refractivity contribution in [2.45, 2.75) is 12.3 Å². The topological polar surface area (TPSA) is 92.5 Å². The monoisotopic (exact) mass is 258 g/mol. The molecule has 0 aliphatic carbocycles. The predicted octanol–water partition coefficient (Wildman–Crippen LogP) is 2.16. The van der Waals surface area contributed by atoms with Crippen molar-refractivity contribution < 1.29 is 10.2 Å². The van der Waals surface area contributed by atoms with Gasteiger partial charge in [0.25, 0.3) is 0 Å². The maximum absolute atomic E-state index is 9.48. The number of hydrogen-bond donors (Lipinski definition) is 4. The average molecular weight is 258 g/mol. The standard InChI is InChI=1S/C15H18N2O2/c16-8-7-13(10-1-4-12(18)5-2-10)11-3-6-15(19)14(17)9-11/h1-6,9,13,18-19H,7-8,16-17H2. The summed E-state index contributed by atoms with van der Waals surface area (Å²) in [6.45, 7) is 0.548. The van der Waals surface area contributed by atoms with Gasteiger partial charge in [-0.2, -0.15) is 0 Å². The Hall–Kier alpha value is -2.20. The lowest BCUT2D eigenvalue weighted by atomic mass is 9.88. The van der Waals surface area contributed by atoms with Crippen LogP contribution in [0.15, 0.2) is 42.5 Å². The molecule has 6 N–H and O–H groups in total. The van der Waals surface area contributed by atoms with Gasteiger partial charge in [0, 0.05) is 5.92 Å². The lowest BCUT2D eigenvalue weighted by molar-refractivity contribution is 0.475. The van der Waals surface area contributed by atoms with E-state index < -0.39 is 0 Å². The zero-order chi connectivity index (χ0) is 13.8. The highest BCUT2D eigenvalue weighted by atomic mass is 16.3. The van der Waals surface area contributed by atoms with E-state index in [4.69, 9.17) is 11.5 Å². The molecule has 0 amide bonds. The van der Waals surface area contributed by atoms with Gasteiger partial charge in [0.2, 0.25) is 0 Å². The molecule has 4 heteroatoms. The van der Waals surface area contributed by atoms with Crippen molar-refractivity contribution >= 4 is 5.69 Å². The number of anilines is 1. The smallest absolute Gasteiger partial charge is 0.138 e. The van der Waals surface area contributed by atoms with Crippen LogP contribution in [0.5, 0.6) is 11.5 Å². The molecule has 0 bridgehead atoms. The van der Waals surface area contributed by atoms with E-state index in [0.29, 0.717) is 12.2 Å². The quantitative estimate of drug-likeness (QED) is 0.499. The van der Waals surface area contributed by atoms with Gasteiger partial charge in [0.05, 0.1) is 5.69 Å². The first-order valence-corrected chi connectivity index (χ1v) is 6.19. The fraction of sp³-hybridized carbons (Fsp3) is 0.200. The van der Waals surface area contributed by atoms with E-state index in [2.05, 4.69) is 0 Å². The number of nitrogens with two attached hydrogens (primary N) is 2. The fourth-order valence-electron chi connectivity index (χ4n) is 2.19. The van der Waals surface area contributed by atoms with Gasteiger partial charge in [-0.25, -0.2) is 0 Å². The number of hydrogen-bond acceptors (Lipinski definition) is 4. The normalized spacial score (nSPS) is 12.3. The van der Waals surface area contributed by atoms with Crippen LogP contribution in [0.3, 0.4) is 0 Å². The molecule has 0 radical (unpaired) electrons. The second kappa shape index (κ2) is 5.63. The third-order valence-corrected chi connectivity index (χ3v) is 3.20. The van der Waals surface area contributed by atoms with E-state index in [1.54, 1.807) is 24.3 Å². The molecule has 1 atom stereocenters. The molecule has 0 saturated carbocycles. The number of rotatable bonds is 4. The van der Waals surface area contributed by atoms with Crippen LogP contribution in [0.2, 0.25) is 0 Å². The maximum atomic E-state index is 9.48. The number of benzene rings is 2. The summed E-state index contributed by atoms with van der Waals surface area (Å²) in [7, 11) is 0. The van der Waals surface area contributed by atoms with E-state index in [1.807, 2.05) is 18.2 Å². The zero-order valence-corrected chi connectivity index (χ0v) is 10.6. The summed E-state index contributed by atoms with van der Waals surface area (Å²) in [6.07, 6.45) is 0.773. The molecule has 2 aromatic carbocycles. The molecule has 100 valence electrons. The highest BCUT2D eigenvalue weighted by Gasteiger charge is 2.14. The Bertz CT molecular complexity index is 553. The van der Waals surface area contributed by atoms with Crippen molar-refractivity contribution in [3.8, 4) is 11.5 Å². The third-order valence-electron chi connectivity index (χ3n) is 3.20. The van der Waals surface area contributed by atoms with Gasteiger partial charge in [0.15, 0.2) is 0 Å². The summed E-state index contributed by atoms with van der Waals surface area (Å²) in [5, 5.41) is 18.8. The third kappa shape index (κ3) is 2.98. The number of phenolic OH excluding ortho intramolecular Hbond substituents is 2. The molecule has 1 unspecified atom stereocenters. The van der Waals surface area contributed by atoms with Crippen LogP contribution in [0.25, 0.3) is 0 Å². The van der Waals surface area contributed by atoms with Crippen LogP contribution in [0.4, 0.5) is 5.69 Å². The van der Waals surface area contributed by atoms with Gasteiger partial charge < -0.3 is 21.7 Å². The predicted molar refractivity (Wildman–Crippen MR) is 76.1 cm³/mol. The fourth-order valence-corrected chi connectivity index (χ4v) is 2.19. The minimum absolute atomic E-state index is 0.0842. The molecule has 4 nitrogen and oxygen atoms in total. The van der Waals surface area contributed by atoms with Crippen LogP contribution >= 0.6 is 0 Å². The van der Waals surface area contributed by atoms with Crippen LogP contribution in [0, 0.1) is 0 Å². The average Bonchev–Trinajstić information content (AvgIpc) is 2.41. The highest BCUT2D eigenvalue weighted by molar-refractivity contribution is 5.55. The van der Waals surface area contributed by atoms with E-state index in [9.17, 15) is 10.2 Å². The molecule has 2 aromatic rings. The van der Waals surface area contributed by atoms with Crippen molar-refractivity contribution in [1.82, 2.24) is 0 Å². The van der Waals surface area contributed by atoms with Crippen molar-refractivity contribution in [1.29, 1.82) is 0 Å². The Morgan fingerprint density at radius 1 is 0.947 bits per heavy atom. The van der Waals surface area contributed by atoms with Crippen LogP contribution < -0.4 is 11.5 Å². The molecule has 0 heterocycles.